The summed E-state index contributed by atoms with van der Waals surface area (Å²) >= 11 is 6.18. The highest BCUT2D eigenvalue weighted by Crippen LogP contribution is 2.38. The van der Waals surface area contributed by atoms with E-state index in [2.05, 4.69) is 10.1 Å². The number of halogens is 3. The number of hydrogen-bond donors (Lipinski definition) is 1. The second-order valence-electron chi connectivity index (χ2n) is 5.50. The number of alkyl halides is 2. The van der Waals surface area contributed by atoms with Crippen LogP contribution in [-0.4, -0.2) is 25.7 Å². The Hall–Kier alpha value is -2.54. The van der Waals surface area contributed by atoms with Gasteiger partial charge < -0.3 is 19.5 Å². The Morgan fingerprint density at radius 2 is 2.00 bits per heavy atom. The zero-order valence-electron chi connectivity index (χ0n) is 13.6. The highest BCUT2D eigenvalue weighted by molar-refractivity contribution is 6.32. The van der Waals surface area contributed by atoms with Gasteiger partial charge in [-0.15, -0.1) is 0 Å². The number of ether oxygens (including phenoxy) is 3. The van der Waals surface area contributed by atoms with Crippen LogP contribution in [0.4, 0.5) is 8.78 Å². The number of nitrogens with one attached hydrogen (secondary N) is 1. The summed E-state index contributed by atoms with van der Waals surface area (Å²) in [5, 5.41) is 2.93. The smallest absolute Gasteiger partial charge is 0.387 e. The van der Waals surface area contributed by atoms with Crippen molar-refractivity contribution in [3.05, 3.63) is 52.5 Å². The van der Waals surface area contributed by atoms with Crippen molar-refractivity contribution < 1.29 is 27.8 Å². The van der Waals surface area contributed by atoms with Crippen molar-refractivity contribution >= 4 is 17.5 Å². The van der Waals surface area contributed by atoms with Gasteiger partial charge in [0.15, 0.2) is 11.5 Å². The third kappa shape index (κ3) is 4.35. The van der Waals surface area contributed by atoms with Gasteiger partial charge in [0.1, 0.15) is 5.75 Å². The number of carbonyl (C=O) groups excluding carboxylic acids is 1. The van der Waals surface area contributed by atoms with Crippen LogP contribution in [0.5, 0.6) is 17.2 Å². The van der Waals surface area contributed by atoms with Gasteiger partial charge in [-0.3, -0.25) is 4.79 Å². The molecule has 0 aliphatic carbocycles. The van der Waals surface area contributed by atoms with Crippen molar-refractivity contribution in [3.63, 3.8) is 0 Å². The molecule has 0 saturated heterocycles. The molecule has 0 saturated carbocycles. The molecule has 1 amide bonds. The minimum Gasteiger partial charge on any atom is -0.489 e. The molecule has 2 aromatic carbocycles. The molecule has 0 fully saturated rings. The summed E-state index contributed by atoms with van der Waals surface area (Å²) in [5.74, 6) is 0.409. The average Bonchev–Trinajstić information content (AvgIpc) is 2.86. The highest BCUT2D eigenvalue weighted by atomic mass is 35.5. The number of amides is 1. The second-order valence-corrected chi connectivity index (χ2v) is 5.91. The van der Waals surface area contributed by atoms with E-state index in [4.69, 9.17) is 21.1 Å². The van der Waals surface area contributed by atoms with Gasteiger partial charge in [-0.1, -0.05) is 29.8 Å². The first kappa shape index (κ1) is 18.3. The fourth-order valence-corrected chi connectivity index (χ4v) is 2.77. The van der Waals surface area contributed by atoms with E-state index in [-0.39, 0.29) is 22.9 Å². The summed E-state index contributed by atoms with van der Waals surface area (Å²) < 4.78 is 40.4. The maximum atomic E-state index is 12.5. The standard InChI is InChI=1S/C18H16ClF2NO4/c19-13-8-12(9-15-16(13)25-7-3-6-24-15)17(23)22-10-11-4-1-2-5-14(11)26-18(20)21/h1-2,4-5,8-9,18H,3,6-7,10H2,(H,22,23). The Morgan fingerprint density at radius 3 is 2.81 bits per heavy atom. The Morgan fingerprint density at radius 1 is 1.23 bits per heavy atom. The molecule has 0 aromatic heterocycles. The summed E-state index contributed by atoms with van der Waals surface area (Å²) in [6, 6.07) is 9.28. The van der Waals surface area contributed by atoms with Gasteiger partial charge in [0.2, 0.25) is 0 Å². The Labute approximate surface area is 153 Å². The monoisotopic (exact) mass is 383 g/mol. The average molecular weight is 384 g/mol. The molecule has 0 spiro atoms. The van der Waals surface area contributed by atoms with Gasteiger partial charge in [0, 0.05) is 24.1 Å². The molecule has 0 radical (unpaired) electrons. The Balaban J connectivity index is 1.73. The predicted molar refractivity (Wildman–Crippen MR) is 91.3 cm³/mol. The minimum atomic E-state index is -2.94. The van der Waals surface area contributed by atoms with Crippen LogP contribution >= 0.6 is 11.6 Å². The largest absolute Gasteiger partial charge is 0.489 e. The third-order valence-corrected chi connectivity index (χ3v) is 3.97. The van der Waals surface area contributed by atoms with E-state index >= 15 is 0 Å². The topological polar surface area (TPSA) is 56.8 Å². The molecule has 1 aliphatic rings. The van der Waals surface area contributed by atoms with Gasteiger partial charge in [0.05, 0.1) is 18.2 Å². The first-order valence-electron chi connectivity index (χ1n) is 7.94. The quantitative estimate of drug-likeness (QED) is 0.846. The fraction of sp³-hybridized carbons (Fsp3) is 0.278. The van der Waals surface area contributed by atoms with Gasteiger partial charge in [0.25, 0.3) is 5.91 Å². The van der Waals surface area contributed by atoms with Crippen LogP contribution in [0.15, 0.2) is 36.4 Å². The molecule has 1 N–H and O–H groups in total. The maximum Gasteiger partial charge on any atom is 0.387 e. The lowest BCUT2D eigenvalue weighted by molar-refractivity contribution is -0.0504. The zero-order chi connectivity index (χ0) is 18.5. The molecule has 26 heavy (non-hydrogen) atoms. The van der Waals surface area contributed by atoms with Gasteiger partial charge in [-0.2, -0.15) is 8.78 Å². The van der Waals surface area contributed by atoms with Crippen molar-refractivity contribution in [2.75, 3.05) is 13.2 Å². The lowest BCUT2D eigenvalue weighted by Crippen LogP contribution is -2.23. The highest BCUT2D eigenvalue weighted by Gasteiger charge is 2.19. The molecule has 3 rings (SSSR count). The summed E-state index contributed by atoms with van der Waals surface area (Å²) in [6.45, 7) is -1.97. The third-order valence-electron chi connectivity index (χ3n) is 3.69. The van der Waals surface area contributed by atoms with E-state index in [1.807, 2.05) is 0 Å². The van der Waals surface area contributed by atoms with Crippen molar-refractivity contribution in [2.24, 2.45) is 0 Å². The van der Waals surface area contributed by atoms with Crippen molar-refractivity contribution in [2.45, 2.75) is 19.6 Å². The first-order valence-corrected chi connectivity index (χ1v) is 8.32. The molecule has 5 nitrogen and oxygen atoms in total. The molecule has 0 atom stereocenters. The maximum absolute atomic E-state index is 12.5. The number of hydrogen-bond acceptors (Lipinski definition) is 4. The van der Waals surface area contributed by atoms with Crippen LogP contribution in [0.3, 0.4) is 0 Å². The molecule has 138 valence electrons. The van der Waals surface area contributed by atoms with E-state index < -0.39 is 12.5 Å². The van der Waals surface area contributed by atoms with Crippen molar-refractivity contribution in [1.82, 2.24) is 5.32 Å². The minimum absolute atomic E-state index is 0.0134. The fourth-order valence-electron chi connectivity index (χ4n) is 2.50. The first-order chi connectivity index (χ1) is 12.5. The lowest BCUT2D eigenvalue weighted by Gasteiger charge is -2.13. The zero-order valence-corrected chi connectivity index (χ0v) is 14.4. The molecular weight excluding hydrogens is 368 g/mol. The lowest BCUT2D eigenvalue weighted by atomic mass is 10.1. The van der Waals surface area contributed by atoms with Crippen LogP contribution in [-0.2, 0) is 6.54 Å². The van der Waals surface area contributed by atoms with Crippen molar-refractivity contribution in [3.8, 4) is 17.2 Å². The summed E-state index contributed by atoms with van der Waals surface area (Å²) in [7, 11) is 0. The van der Waals surface area contributed by atoms with Crippen molar-refractivity contribution in [1.29, 1.82) is 0 Å². The summed E-state index contributed by atoms with van der Waals surface area (Å²) in [6.07, 6.45) is 0.716. The normalized spacial score (nSPS) is 13.2. The van der Waals surface area contributed by atoms with E-state index in [0.717, 1.165) is 0 Å². The number of para-hydroxylation sites is 1. The van der Waals surface area contributed by atoms with Gasteiger partial charge >= 0.3 is 6.61 Å². The van der Waals surface area contributed by atoms with E-state index in [1.165, 1.54) is 12.1 Å². The predicted octanol–water partition coefficient (Wildman–Crippen LogP) is 4.03. The van der Waals surface area contributed by atoms with Gasteiger partial charge in [-0.05, 0) is 18.2 Å². The molecule has 8 heteroatoms. The summed E-state index contributed by atoms with van der Waals surface area (Å²) in [5.41, 5.74) is 0.716. The van der Waals surface area contributed by atoms with E-state index in [9.17, 15) is 13.6 Å². The molecule has 2 aromatic rings. The SMILES string of the molecule is O=C(NCc1ccccc1OC(F)F)c1cc(Cl)c2c(c1)OCCCO2. The molecule has 0 unspecified atom stereocenters. The number of carbonyl (C=O) groups is 1. The Bertz CT molecular complexity index is 801. The van der Waals surface area contributed by atoms with E-state index in [0.29, 0.717) is 36.7 Å². The molecule has 0 bridgehead atoms. The molecular formula is C18H16ClF2NO4. The molecule has 1 heterocycles. The van der Waals surface area contributed by atoms with Crippen LogP contribution in [0.2, 0.25) is 5.02 Å². The Kier molecular flexibility index (Phi) is 5.78. The van der Waals surface area contributed by atoms with Crippen LogP contribution in [0, 0.1) is 0 Å². The van der Waals surface area contributed by atoms with Crippen LogP contribution in [0.1, 0.15) is 22.3 Å². The van der Waals surface area contributed by atoms with E-state index in [1.54, 1.807) is 24.3 Å². The number of fused-ring (bicyclic) bond motifs is 1. The number of rotatable bonds is 5. The second kappa shape index (κ2) is 8.23. The van der Waals surface area contributed by atoms with Crippen LogP contribution in [0.25, 0.3) is 0 Å². The summed E-state index contributed by atoms with van der Waals surface area (Å²) in [4.78, 5) is 12.4. The number of benzene rings is 2. The molecule has 1 aliphatic heterocycles. The van der Waals surface area contributed by atoms with Gasteiger partial charge in [-0.25, -0.2) is 0 Å². The van der Waals surface area contributed by atoms with Crippen LogP contribution < -0.4 is 19.5 Å².